The summed E-state index contributed by atoms with van der Waals surface area (Å²) in [6.45, 7) is 4.03. The average molecular weight is 595 g/mol. The number of hydrogen-bond donors (Lipinski definition) is 0. The lowest BCUT2D eigenvalue weighted by molar-refractivity contribution is -0.121. The van der Waals surface area contributed by atoms with E-state index in [4.69, 9.17) is 30.8 Å². The molecule has 0 N–H and O–H groups in total. The molecule has 1 aromatic heterocycles. The fourth-order valence-electron chi connectivity index (χ4n) is 4.93. The zero-order chi connectivity index (χ0) is 27.6. The molecule has 2 saturated heterocycles. The number of amides is 1. The Morgan fingerprint density at radius 3 is 2.56 bits per heavy atom. The van der Waals surface area contributed by atoms with Gasteiger partial charge in [0.2, 0.25) is 15.9 Å². The molecule has 1 unspecified atom stereocenters. The number of halogens is 1. The highest BCUT2D eigenvalue weighted by molar-refractivity contribution is 7.89. The summed E-state index contributed by atoms with van der Waals surface area (Å²) in [7, 11) is -0.824. The minimum absolute atomic E-state index is 0.124. The first kappa shape index (κ1) is 28.1. The monoisotopic (exact) mass is 594 g/mol. The molecule has 210 valence electrons. The minimum atomic E-state index is -3.91. The molecule has 3 heterocycles. The molecular weight excluding hydrogens is 564 g/mol. The number of rotatable bonds is 9. The van der Waals surface area contributed by atoms with E-state index in [1.54, 1.807) is 36.3 Å². The zero-order valence-corrected chi connectivity index (χ0v) is 24.2. The lowest BCUT2D eigenvalue weighted by Gasteiger charge is -2.31. The summed E-state index contributed by atoms with van der Waals surface area (Å²) in [4.78, 5) is 22.9. The third-order valence-electron chi connectivity index (χ3n) is 7.06. The van der Waals surface area contributed by atoms with Crippen molar-refractivity contribution in [2.75, 3.05) is 65.1 Å². The van der Waals surface area contributed by atoms with Crippen LogP contribution in [-0.4, -0.2) is 94.7 Å². The van der Waals surface area contributed by atoms with Gasteiger partial charge in [0.1, 0.15) is 23.1 Å². The van der Waals surface area contributed by atoms with Crippen LogP contribution in [0.5, 0.6) is 11.5 Å². The summed E-state index contributed by atoms with van der Waals surface area (Å²) < 4.78 is 45.4. The van der Waals surface area contributed by atoms with E-state index in [2.05, 4.69) is 4.90 Å². The average Bonchev–Trinajstić information content (AvgIpc) is 3.63. The van der Waals surface area contributed by atoms with Gasteiger partial charge in [-0.05, 0) is 49.2 Å². The lowest BCUT2D eigenvalue weighted by Crippen LogP contribution is -2.50. The molecule has 0 radical (unpaired) electrons. The molecule has 3 aromatic rings. The van der Waals surface area contributed by atoms with Gasteiger partial charge in [-0.2, -0.15) is 4.31 Å². The van der Waals surface area contributed by atoms with Gasteiger partial charge in [0.15, 0.2) is 5.13 Å². The Morgan fingerprint density at radius 2 is 1.87 bits per heavy atom. The largest absolute Gasteiger partial charge is 0.497 e. The van der Waals surface area contributed by atoms with Gasteiger partial charge in [0.05, 0.1) is 42.1 Å². The van der Waals surface area contributed by atoms with Crippen molar-refractivity contribution in [3.05, 3.63) is 41.4 Å². The van der Waals surface area contributed by atoms with E-state index >= 15 is 0 Å². The predicted molar refractivity (Wildman–Crippen MR) is 151 cm³/mol. The van der Waals surface area contributed by atoms with Crippen LogP contribution in [0.1, 0.15) is 12.8 Å². The number of carbonyl (C=O) groups is 1. The number of carbonyl (C=O) groups excluding carboxylic acids is 1. The number of nitrogens with zero attached hydrogens (tertiary/aromatic N) is 4. The van der Waals surface area contributed by atoms with Crippen molar-refractivity contribution in [2.24, 2.45) is 0 Å². The first-order valence-corrected chi connectivity index (χ1v) is 15.4. The van der Waals surface area contributed by atoms with Gasteiger partial charge >= 0.3 is 0 Å². The number of aromatic nitrogens is 1. The maximum absolute atomic E-state index is 14.2. The maximum Gasteiger partial charge on any atom is 0.247 e. The molecular formula is C26H31ClN4O6S2. The van der Waals surface area contributed by atoms with Crippen molar-refractivity contribution in [2.45, 2.75) is 23.8 Å². The van der Waals surface area contributed by atoms with E-state index in [0.717, 1.165) is 13.1 Å². The number of thiazole rings is 1. The summed E-state index contributed by atoms with van der Waals surface area (Å²) in [6.07, 6.45) is 1.01. The quantitative estimate of drug-likeness (QED) is 0.371. The van der Waals surface area contributed by atoms with Crippen LogP contribution in [0, 0.1) is 0 Å². The van der Waals surface area contributed by atoms with Crippen LogP contribution in [0.25, 0.3) is 10.2 Å². The van der Waals surface area contributed by atoms with Crippen molar-refractivity contribution < 1.29 is 27.4 Å². The summed E-state index contributed by atoms with van der Waals surface area (Å²) in [5, 5.41) is 0.975. The number of fused-ring (bicyclic) bond motifs is 1. The second-order valence-electron chi connectivity index (χ2n) is 9.32. The summed E-state index contributed by atoms with van der Waals surface area (Å²) in [5.41, 5.74) is 0.573. The molecule has 0 saturated carbocycles. The molecule has 0 spiro atoms. The SMILES string of the molecule is COc1ccc(S(=O)(=O)N2CCCC2C(=O)N(CCN2CCOCC2)c2nc3c(OC)ccc(Cl)c3s2)cc1. The Balaban J connectivity index is 1.48. The third-order valence-corrected chi connectivity index (χ3v) is 10.5. The number of anilines is 1. The molecule has 0 aliphatic carbocycles. The van der Waals surface area contributed by atoms with Gasteiger partial charge < -0.3 is 14.2 Å². The van der Waals surface area contributed by atoms with Crippen LogP contribution in [-0.2, 0) is 19.6 Å². The smallest absolute Gasteiger partial charge is 0.247 e. The fraction of sp³-hybridized carbons (Fsp3) is 0.462. The van der Waals surface area contributed by atoms with Crippen molar-refractivity contribution in [1.29, 1.82) is 0 Å². The number of sulfonamides is 1. The lowest BCUT2D eigenvalue weighted by atomic mass is 10.2. The van der Waals surface area contributed by atoms with Crippen LogP contribution in [0.15, 0.2) is 41.3 Å². The molecule has 13 heteroatoms. The van der Waals surface area contributed by atoms with Gasteiger partial charge in [-0.25, -0.2) is 13.4 Å². The van der Waals surface area contributed by atoms with Crippen molar-refractivity contribution >= 4 is 54.2 Å². The topological polar surface area (TPSA) is 102 Å². The number of hydrogen-bond acceptors (Lipinski definition) is 9. The maximum atomic E-state index is 14.2. The van der Waals surface area contributed by atoms with Crippen molar-refractivity contribution in [3.8, 4) is 11.5 Å². The van der Waals surface area contributed by atoms with Crippen molar-refractivity contribution in [1.82, 2.24) is 14.2 Å². The Hall–Kier alpha value is -2.48. The van der Waals surface area contributed by atoms with Crippen LogP contribution in [0.4, 0.5) is 5.13 Å². The molecule has 5 rings (SSSR count). The Labute approximate surface area is 237 Å². The van der Waals surface area contributed by atoms with Gasteiger partial charge in [0, 0.05) is 32.7 Å². The minimum Gasteiger partial charge on any atom is -0.497 e. The third kappa shape index (κ3) is 5.72. The molecule has 2 fully saturated rings. The Bertz CT molecular complexity index is 1430. The summed E-state index contributed by atoms with van der Waals surface area (Å²) in [6, 6.07) is 8.86. The van der Waals surface area contributed by atoms with Crippen LogP contribution >= 0.6 is 22.9 Å². The van der Waals surface area contributed by atoms with E-state index in [0.29, 0.717) is 71.0 Å². The van der Waals surface area contributed by atoms with E-state index in [9.17, 15) is 13.2 Å². The highest BCUT2D eigenvalue weighted by Gasteiger charge is 2.42. The molecule has 1 atom stereocenters. The molecule has 10 nitrogen and oxygen atoms in total. The van der Waals surface area contributed by atoms with E-state index < -0.39 is 16.1 Å². The number of benzene rings is 2. The number of morpholine rings is 1. The molecule has 2 aromatic carbocycles. The fourth-order valence-corrected chi connectivity index (χ4v) is 7.86. The molecule has 2 aliphatic heterocycles. The standard InChI is InChI=1S/C26H31ClN4O6S2/c1-35-18-5-7-19(8-6-18)39(33,34)31-11-3-4-21(31)25(32)30(13-12-29-14-16-37-17-15-29)26-28-23-22(36-2)10-9-20(27)24(23)38-26/h5-10,21H,3-4,11-17H2,1-2H3. The van der Waals surface area contributed by atoms with E-state index in [1.807, 2.05) is 0 Å². The molecule has 2 aliphatic rings. The Kier molecular flexibility index (Phi) is 8.60. The number of ether oxygens (including phenoxy) is 3. The molecule has 0 bridgehead atoms. The highest BCUT2D eigenvalue weighted by Crippen LogP contribution is 2.39. The summed E-state index contributed by atoms with van der Waals surface area (Å²) >= 11 is 7.78. The zero-order valence-electron chi connectivity index (χ0n) is 21.8. The van der Waals surface area contributed by atoms with Gasteiger partial charge in [-0.3, -0.25) is 14.6 Å². The Morgan fingerprint density at radius 1 is 1.13 bits per heavy atom. The van der Waals surface area contributed by atoms with Crippen LogP contribution in [0.3, 0.4) is 0 Å². The van der Waals surface area contributed by atoms with Gasteiger partial charge in [-0.15, -0.1) is 0 Å². The number of methoxy groups -OCH3 is 2. The van der Waals surface area contributed by atoms with Crippen molar-refractivity contribution in [3.63, 3.8) is 0 Å². The van der Waals surface area contributed by atoms with Crippen LogP contribution in [0.2, 0.25) is 5.02 Å². The van der Waals surface area contributed by atoms with E-state index in [1.165, 1.54) is 34.9 Å². The first-order valence-electron chi connectivity index (χ1n) is 12.7. The second kappa shape index (κ2) is 11.9. The first-order chi connectivity index (χ1) is 18.8. The van der Waals surface area contributed by atoms with E-state index in [-0.39, 0.29) is 17.3 Å². The molecule has 39 heavy (non-hydrogen) atoms. The van der Waals surface area contributed by atoms with Gasteiger partial charge in [0.25, 0.3) is 0 Å². The second-order valence-corrected chi connectivity index (χ2v) is 12.6. The van der Waals surface area contributed by atoms with Crippen LogP contribution < -0.4 is 14.4 Å². The normalized spacial score (nSPS) is 18.9. The highest BCUT2D eigenvalue weighted by atomic mass is 35.5. The predicted octanol–water partition coefficient (Wildman–Crippen LogP) is 3.49. The summed E-state index contributed by atoms with van der Waals surface area (Å²) in [5.74, 6) is 0.816. The molecule has 1 amide bonds. The van der Waals surface area contributed by atoms with Gasteiger partial charge in [-0.1, -0.05) is 22.9 Å².